The molecule has 21 heavy (non-hydrogen) atoms. The fourth-order valence-corrected chi connectivity index (χ4v) is 2.04. The monoisotopic (exact) mass is 287 g/mol. The second kappa shape index (κ2) is 6.21. The summed E-state index contributed by atoms with van der Waals surface area (Å²) in [6, 6.07) is 7.18. The van der Waals surface area contributed by atoms with Gasteiger partial charge >= 0.3 is 5.97 Å². The van der Waals surface area contributed by atoms with E-state index in [0.29, 0.717) is 5.56 Å². The Hall–Kier alpha value is -2.63. The van der Waals surface area contributed by atoms with Crippen LogP contribution in [0.25, 0.3) is 5.69 Å². The second-order valence-electron chi connectivity index (χ2n) is 4.82. The lowest BCUT2D eigenvalue weighted by molar-refractivity contribution is -0.137. The number of hydrogen-bond acceptors (Lipinski definition) is 3. The molecule has 0 bridgehead atoms. The van der Waals surface area contributed by atoms with Gasteiger partial charge in [0.25, 0.3) is 5.91 Å². The highest BCUT2D eigenvalue weighted by Gasteiger charge is 2.14. The Bertz CT molecular complexity index is 650. The summed E-state index contributed by atoms with van der Waals surface area (Å²) in [4.78, 5) is 24.2. The molecule has 0 aliphatic rings. The smallest absolute Gasteiger partial charge is 0.305 e. The Morgan fingerprint density at radius 2 is 2.14 bits per heavy atom. The number of carbonyl (C=O) groups is 2. The van der Waals surface area contributed by atoms with Gasteiger partial charge in [-0.15, -0.1) is 0 Å². The van der Waals surface area contributed by atoms with Gasteiger partial charge in [-0.2, -0.15) is 5.10 Å². The number of aliphatic carboxylic acids is 1. The van der Waals surface area contributed by atoms with Crippen LogP contribution in [0, 0.1) is 6.92 Å². The SMILES string of the molecule is Cc1cc(C(=O)N(C)CCC(=O)O)ccc1-n1cccn1. The Labute approximate surface area is 122 Å². The lowest BCUT2D eigenvalue weighted by Gasteiger charge is -2.17. The summed E-state index contributed by atoms with van der Waals surface area (Å²) in [6.07, 6.45) is 3.47. The summed E-state index contributed by atoms with van der Waals surface area (Å²) in [5.41, 5.74) is 2.37. The third-order valence-electron chi connectivity index (χ3n) is 3.20. The first-order valence-corrected chi connectivity index (χ1v) is 6.57. The van der Waals surface area contributed by atoms with Gasteiger partial charge in [0.15, 0.2) is 0 Å². The summed E-state index contributed by atoms with van der Waals surface area (Å²) in [6.45, 7) is 2.10. The van der Waals surface area contributed by atoms with Crippen molar-refractivity contribution < 1.29 is 14.7 Å². The molecule has 0 radical (unpaired) electrons. The van der Waals surface area contributed by atoms with Gasteiger partial charge in [0, 0.05) is 31.5 Å². The number of carbonyl (C=O) groups excluding carboxylic acids is 1. The number of carboxylic acid groups (broad SMARTS) is 1. The van der Waals surface area contributed by atoms with Gasteiger partial charge in [-0.3, -0.25) is 9.59 Å². The number of carboxylic acids is 1. The molecular weight excluding hydrogens is 270 g/mol. The first kappa shape index (κ1) is 14.8. The zero-order valence-corrected chi connectivity index (χ0v) is 12.0. The van der Waals surface area contributed by atoms with Gasteiger partial charge < -0.3 is 10.0 Å². The minimum Gasteiger partial charge on any atom is -0.481 e. The number of aryl methyl sites for hydroxylation is 1. The van der Waals surface area contributed by atoms with Crippen LogP contribution in [0.5, 0.6) is 0 Å². The molecule has 0 saturated heterocycles. The Morgan fingerprint density at radius 3 is 2.71 bits per heavy atom. The van der Waals surface area contributed by atoms with E-state index in [-0.39, 0.29) is 18.9 Å². The molecule has 2 rings (SSSR count). The molecule has 0 fully saturated rings. The molecule has 0 spiro atoms. The number of benzene rings is 1. The van der Waals surface area contributed by atoms with Gasteiger partial charge in [0.1, 0.15) is 0 Å². The van der Waals surface area contributed by atoms with Crippen LogP contribution >= 0.6 is 0 Å². The van der Waals surface area contributed by atoms with Gasteiger partial charge in [-0.05, 0) is 36.8 Å². The molecule has 1 aromatic heterocycles. The second-order valence-corrected chi connectivity index (χ2v) is 4.82. The highest BCUT2D eigenvalue weighted by molar-refractivity contribution is 5.94. The molecule has 0 unspecified atom stereocenters. The zero-order chi connectivity index (χ0) is 15.4. The van der Waals surface area contributed by atoms with Crippen LogP contribution in [-0.2, 0) is 4.79 Å². The van der Waals surface area contributed by atoms with Crippen LogP contribution in [0.4, 0.5) is 0 Å². The number of hydrogen-bond donors (Lipinski definition) is 1. The number of aromatic nitrogens is 2. The molecule has 0 aliphatic carbocycles. The lowest BCUT2D eigenvalue weighted by atomic mass is 10.1. The molecule has 2 aromatic rings. The molecular formula is C15H17N3O3. The van der Waals surface area contributed by atoms with E-state index in [1.807, 2.05) is 25.3 Å². The van der Waals surface area contributed by atoms with Gasteiger partial charge in [0.2, 0.25) is 0 Å². The first-order chi connectivity index (χ1) is 9.99. The average molecular weight is 287 g/mol. The minimum absolute atomic E-state index is 0.0629. The van der Waals surface area contributed by atoms with E-state index in [0.717, 1.165) is 11.3 Å². The zero-order valence-electron chi connectivity index (χ0n) is 12.0. The topological polar surface area (TPSA) is 75.4 Å². The predicted molar refractivity (Wildman–Crippen MR) is 77.5 cm³/mol. The maximum absolute atomic E-state index is 12.2. The summed E-state index contributed by atoms with van der Waals surface area (Å²) < 4.78 is 1.73. The molecule has 1 amide bonds. The van der Waals surface area contributed by atoms with Crippen molar-refractivity contribution in [3.05, 3.63) is 47.8 Å². The number of amides is 1. The van der Waals surface area contributed by atoms with Gasteiger partial charge in [-0.1, -0.05) is 0 Å². The fourth-order valence-electron chi connectivity index (χ4n) is 2.04. The Kier molecular flexibility index (Phi) is 4.37. The third kappa shape index (κ3) is 3.47. The van der Waals surface area contributed by atoms with Crippen molar-refractivity contribution >= 4 is 11.9 Å². The highest BCUT2D eigenvalue weighted by atomic mass is 16.4. The van der Waals surface area contributed by atoms with Crippen molar-refractivity contribution in [1.29, 1.82) is 0 Å². The molecule has 6 nitrogen and oxygen atoms in total. The molecule has 0 saturated carbocycles. The van der Waals surface area contributed by atoms with E-state index >= 15 is 0 Å². The molecule has 110 valence electrons. The molecule has 1 aromatic carbocycles. The van der Waals surface area contributed by atoms with Gasteiger partial charge in [-0.25, -0.2) is 4.68 Å². The van der Waals surface area contributed by atoms with E-state index in [1.165, 1.54) is 4.90 Å². The summed E-state index contributed by atoms with van der Waals surface area (Å²) in [5.74, 6) is -1.11. The maximum Gasteiger partial charge on any atom is 0.305 e. The largest absolute Gasteiger partial charge is 0.481 e. The quantitative estimate of drug-likeness (QED) is 0.908. The van der Waals surface area contributed by atoms with E-state index < -0.39 is 5.97 Å². The maximum atomic E-state index is 12.2. The van der Waals surface area contributed by atoms with Crippen molar-refractivity contribution in [3.63, 3.8) is 0 Å². The lowest BCUT2D eigenvalue weighted by Crippen LogP contribution is -2.29. The molecule has 1 N–H and O–H groups in total. The van der Waals surface area contributed by atoms with Crippen LogP contribution in [0.1, 0.15) is 22.3 Å². The van der Waals surface area contributed by atoms with Crippen molar-refractivity contribution in [2.45, 2.75) is 13.3 Å². The summed E-state index contributed by atoms with van der Waals surface area (Å²) in [7, 11) is 1.60. The van der Waals surface area contributed by atoms with Crippen LogP contribution in [-0.4, -0.2) is 45.3 Å². The van der Waals surface area contributed by atoms with Gasteiger partial charge in [0.05, 0.1) is 12.1 Å². The number of rotatable bonds is 5. The van der Waals surface area contributed by atoms with Crippen molar-refractivity contribution in [1.82, 2.24) is 14.7 Å². The van der Waals surface area contributed by atoms with Crippen LogP contribution < -0.4 is 0 Å². The third-order valence-corrected chi connectivity index (χ3v) is 3.20. The van der Waals surface area contributed by atoms with Crippen LogP contribution in [0.15, 0.2) is 36.7 Å². The Morgan fingerprint density at radius 1 is 1.38 bits per heavy atom. The molecule has 0 aliphatic heterocycles. The molecule has 0 atom stereocenters. The van der Waals surface area contributed by atoms with Crippen molar-refractivity contribution in [2.75, 3.05) is 13.6 Å². The molecule has 1 heterocycles. The highest BCUT2D eigenvalue weighted by Crippen LogP contribution is 2.16. The predicted octanol–water partition coefficient (Wildman–Crippen LogP) is 1.73. The van der Waals surface area contributed by atoms with Crippen LogP contribution in [0.3, 0.4) is 0 Å². The van der Waals surface area contributed by atoms with Crippen molar-refractivity contribution in [3.8, 4) is 5.69 Å². The average Bonchev–Trinajstić information content (AvgIpc) is 2.97. The summed E-state index contributed by atoms with van der Waals surface area (Å²) >= 11 is 0. The van der Waals surface area contributed by atoms with Crippen LogP contribution in [0.2, 0.25) is 0 Å². The number of nitrogens with zero attached hydrogens (tertiary/aromatic N) is 3. The van der Waals surface area contributed by atoms with E-state index in [9.17, 15) is 9.59 Å². The first-order valence-electron chi connectivity index (χ1n) is 6.57. The van der Waals surface area contributed by atoms with E-state index in [1.54, 1.807) is 30.1 Å². The minimum atomic E-state index is -0.917. The van der Waals surface area contributed by atoms with E-state index in [4.69, 9.17) is 5.11 Å². The van der Waals surface area contributed by atoms with Crippen molar-refractivity contribution in [2.24, 2.45) is 0 Å². The van der Waals surface area contributed by atoms with E-state index in [2.05, 4.69) is 5.10 Å². The normalized spacial score (nSPS) is 10.4. The fraction of sp³-hybridized carbons (Fsp3) is 0.267. The molecule has 6 heteroatoms. The summed E-state index contributed by atoms with van der Waals surface area (Å²) in [5, 5.41) is 12.8. The Balaban J connectivity index is 2.16. The standard InChI is InChI=1S/C15H17N3O3/c1-11-10-12(15(21)17(2)9-6-14(19)20)4-5-13(11)18-8-3-7-16-18/h3-5,7-8,10H,6,9H2,1-2H3,(H,19,20).